The van der Waals surface area contributed by atoms with Crippen molar-refractivity contribution in [3.05, 3.63) is 52.1 Å². The van der Waals surface area contributed by atoms with Crippen LogP contribution in [0.5, 0.6) is 0 Å². The quantitative estimate of drug-likeness (QED) is 0.211. The Labute approximate surface area is 141 Å². The second kappa shape index (κ2) is 9.60. The number of carbonyl (C=O) groups is 2. The van der Waals surface area contributed by atoms with Crippen LogP contribution in [-0.2, 0) is 9.53 Å². The lowest BCUT2D eigenvalue weighted by Crippen LogP contribution is -2.15. The van der Waals surface area contributed by atoms with E-state index >= 15 is 0 Å². The zero-order valence-corrected chi connectivity index (χ0v) is 14.1. The Balaban J connectivity index is 3.17. The number of nitrogens with zero attached hydrogens (tertiary/aromatic N) is 1. The minimum atomic E-state index is -0.809. The predicted octanol–water partition coefficient (Wildman–Crippen LogP) is 4.19. The molecule has 1 atom stereocenters. The molecule has 0 aliphatic carbocycles. The SMILES string of the molecule is C=CC(C(=O)CCCCCC)c1cccc(C(=O)OC)c1[N+](=O)[O-]. The third kappa shape index (κ3) is 4.75. The number of benzene rings is 1. The monoisotopic (exact) mass is 333 g/mol. The van der Waals surface area contributed by atoms with E-state index in [1.807, 2.05) is 0 Å². The van der Waals surface area contributed by atoms with Crippen LogP contribution in [0.3, 0.4) is 0 Å². The second-order valence-electron chi connectivity index (χ2n) is 5.48. The third-order valence-electron chi connectivity index (χ3n) is 3.85. The number of nitro groups is 1. The van der Waals surface area contributed by atoms with Crippen LogP contribution in [0.2, 0.25) is 0 Å². The predicted molar refractivity (Wildman–Crippen MR) is 91.1 cm³/mol. The fourth-order valence-electron chi connectivity index (χ4n) is 2.60. The van der Waals surface area contributed by atoms with E-state index in [9.17, 15) is 19.7 Å². The van der Waals surface area contributed by atoms with Gasteiger partial charge in [-0.1, -0.05) is 44.4 Å². The van der Waals surface area contributed by atoms with Gasteiger partial charge in [-0.25, -0.2) is 4.79 Å². The van der Waals surface area contributed by atoms with Crippen molar-refractivity contribution in [2.45, 2.75) is 44.9 Å². The summed E-state index contributed by atoms with van der Waals surface area (Å²) < 4.78 is 4.59. The van der Waals surface area contributed by atoms with Gasteiger partial charge in [0.15, 0.2) is 0 Å². The summed E-state index contributed by atoms with van der Waals surface area (Å²) in [5, 5.41) is 11.5. The molecule has 0 aliphatic rings. The Morgan fingerprint density at radius 2 is 2.04 bits per heavy atom. The summed E-state index contributed by atoms with van der Waals surface area (Å²) in [6.07, 6.45) is 5.51. The van der Waals surface area contributed by atoms with Crippen molar-refractivity contribution in [2.75, 3.05) is 7.11 Å². The molecule has 0 saturated carbocycles. The standard InChI is InChI=1S/C18H23NO5/c1-4-6-7-8-12-16(20)13(5-2)14-10-9-11-15(18(21)24-3)17(14)19(22)23/h5,9-11,13H,2,4,6-8,12H2,1,3H3. The molecule has 6 heteroatoms. The largest absolute Gasteiger partial charge is 0.465 e. The molecule has 0 spiro atoms. The molecule has 0 bridgehead atoms. The van der Waals surface area contributed by atoms with Crippen LogP contribution in [0, 0.1) is 10.1 Å². The number of para-hydroxylation sites is 1. The maximum absolute atomic E-state index is 12.5. The first kappa shape index (κ1) is 19.5. The van der Waals surface area contributed by atoms with Crippen molar-refractivity contribution in [2.24, 2.45) is 0 Å². The van der Waals surface area contributed by atoms with Crippen LogP contribution in [0.4, 0.5) is 5.69 Å². The molecule has 130 valence electrons. The first-order valence-electron chi connectivity index (χ1n) is 7.98. The first-order valence-corrected chi connectivity index (χ1v) is 7.98. The van der Waals surface area contributed by atoms with Crippen LogP contribution in [0.15, 0.2) is 30.9 Å². The molecule has 0 N–H and O–H groups in total. The lowest BCUT2D eigenvalue weighted by Gasteiger charge is -2.14. The van der Waals surface area contributed by atoms with Gasteiger partial charge in [-0.2, -0.15) is 0 Å². The van der Waals surface area contributed by atoms with Gasteiger partial charge in [-0.15, -0.1) is 6.58 Å². The summed E-state index contributed by atoms with van der Waals surface area (Å²) in [6.45, 7) is 5.72. The smallest absolute Gasteiger partial charge is 0.344 e. The number of unbranched alkanes of at least 4 members (excludes halogenated alkanes) is 3. The summed E-state index contributed by atoms with van der Waals surface area (Å²) >= 11 is 0. The van der Waals surface area contributed by atoms with E-state index in [1.54, 1.807) is 0 Å². The van der Waals surface area contributed by atoms with Gasteiger partial charge in [0.25, 0.3) is 5.69 Å². The molecule has 24 heavy (non-hydrogen) atoms. The van der Waals surface area contributed by atoms with E-state index in [2.05, 4.69) is 18.2 Å². The molecule has 0 aliphatic heterocycles. The van der Waals surface area contributed by atoms with E-state index in [-0.39, 0.29) is 16.9 Å². The van der Waals surface area contributed by atoms with E-state index < -0.39 is 22.5 Å². The number of hydrogen-bond acceptors (Lipinski definition) is 5. The molecular weight excluding hydrogens is 310 g/mol. The molecule has 1 rings (SSSR count). The minimum absolute atomic E-state index is 0.133. The van der Waals surface area contributed by atoms with Gasteiger partial charge in [0.1, 0.15) is 11.3 Å². The fourth-order valence-corrected chi connectivity index (χ4v) is 2.60. The zero-order valence-electron chi connectivity index (χ0n) is 14.1. The van der Waals surface area contributed by atoms with Gasteiger partial charge in [0.05, 0.1) is 18.0 Å². The molecule has 1 aromatic rings. The number of ketones is 1. The average molecular weight is 333 g/mol. The van der Waals surface area contributed by atoms with Crippen molar-refractivity contribution < 1.29 is 19.2 Å². The van der Waals surface area contributed by atoms with Gasteiger partial charge < -0.3 is 4.74 Å². The summed E-state index contributed by atoms with van der Waals surface area (Å²) in [7, 11) is 1.16. The number of rotatable bonds is 10. The Bertz CT molecular complexity index is 624. The van der Waals surface area contributed by atoms with Gasteiger partial charge in [-0.3, -0.25) is 14.9 Å². The van der Waals surface area contributed by atoms with E-state index in [4.69, 9.17) is 0 Å². The Morgan fingerprint density at radius 1 is 1.33 bits per heavy atom. The lowest BCUT2D eigenvalue weighted by molar-refractivity contribution is -0.385. The molecule has 6 nitrogen and oxygen atoms in total. The molecule has 1 unspecified atom stereocenters. The van der Waals surface area contributed by atoms with Crippen LogP contribution in [0.25, 0.3) is 0 Å². The molecule has 0 aromatic heterocycles. The van der Waals surface area contributed by atoms with E-state index in [1.165, 1.54) is 24.3 Å². The molecule has 0 fully saturated rings. The number of allylic oxidation sites excluding steroid dienone is 1. The molecule has 0 heterocycles. The van der Waals surface area contributed by atoms with Crippen molar-refractivity contribution in [3.8, 4) is 0 Å². The van der Waals surface area contributed by atoms with E-state index in [0.29, 0.717) is 6.42 Å². The second-order valence-corrected chi connectivity index (χ2v) is 5.48. The minimum Gasteiger partial charge on any atom is -0.465 e. The first-order chi connectivity index (χ1) is 11.5. The van der Waals surface area contributed by atoms with Crippen molar-refractivity contribution in [1.29, 1.82) is 0 Å². The average Bonchev–Trinajstić information content (AvgIpc) is 2.58. The molecular formula is C18H23NO5. The maximum atomic E-state index is 12.5. The van der Waals surface area contributed by atoms with Crippen molar-refractivity contribution in [1.82, 2.24) is 0 Å². The van der Waals surface area contributed by atoms with Gasteiger partial charge >= 0.3 is 5.97 Å². The Morgan fingerprint density at radius 3 is 2.58 bits per heavy atom. The third-order valence-corrected chi connectivity index (χ3v) is 3.85. The summed E-state index contributed by atoms with van der Waals surface area (Å²) in [4.78, 5) is 35.0. The van der Waals surface area contributed by atoms with Gasteiger partial charge in [0.2, 0.25) is 0 Å². The number of hydrogen-bond donors (Lipinski definition) is 0. The van der Waals surface area contributed by atoms with E-state index in [0.717, 1.165) is 32.8 Å². The van der Waals surface area contributed by atoms with Crippen LogP contribution in [-0.4, -0.2) is 23.8 Å². The van der Waals surface area contributed by atoms with Crippen molar-refractivity contribution >= 4 is 17.4 Å². The highest BCUT2D eigenvalue weighted by atomic mass is 16.6. The van der Waals surface area contributed by atoms with Crippen LogP contribution >= 0.6 is 0 Å². The Kier molecular flexibility index (Phi) is 7.82. The summed E-state index contributed by atoms with van der Waals surface area (Å²) in [6, 6.07) is 4.32. The zero-order chi connectivity index (χ0) is 18.1. The van der Waals surface area contributed by atoms with Crippen LogP contribution < -0.4 is 0 Å². The number of carbonyl (C=O) groups excluding carboxylic acids is 2. The number of esters is 1. The maximum Gasteiger partial charge on any atom is 0.344 e. The Hall–Kier alpha value is -2.50. The normalized spacial score (nSPS) is 11.6. The highest BCUT2D eigenvalue weighted by Gasteiger charge is 2.30. The van der Waals surface area contributed by atoms with Gasteiger partial charge in [0, 0.05) is 12.0 Å². The molecule has 0 saturated heterocycles. The highest BCUT2D eigenvalue weighted by Crippen LogP contribution is 2.32. The summed E-state index contributed by atoms with van der Waals surface area (Å²) in [5.41, 5.74) is -0.375. The van der Waals surface area contributed by atoms with Gasteiger partial charge in [-0.05, 0) is 12.5 Å². The number of Topliss-reactive ketones (excluding diaryl/α,β-unsaturated/α-hetero) is 1. The number of ether oxygens (including phenoxy) is 1. The highest BCUT2D eigenvalue weighted by molar-refractivity contribution is 5.96. The fraction of sp³-hybridized carbons (Fsp3) is 0.444. The number of nitro benzene ring substituents is 1. The summed E-state index contributed by atoms with van der Waals surface area (Å²) in [5.74, 6) is -1.75. The number of methoxy groups -OCH3 is 1. The molecule has 0 amide bonds. The topological polar surface area (TPSA) is 86.5 Å². The molecule has 0 radical (unpaired) electrons. The van der Waals surface area contributed by atoms with Crippen LogP contribution in [0.1, 0.15) is 60.9 Å². The lowest BCUT2D eigenvalue weighted by atomic mass is 9.89. The molecule has 1 aromatic carbocycles. The van der Waals surface area contributed by atoms with Crippen molar-refractivity contribution in [3.63, 3.8) is 0 Å².